The normalized spacial score (nSPS) is 17.2. The Labute approximate surface area is 125 Å². The SMILES string of the molecule is Cc1cccc(N2C(=N)S/C(=C\c3cccs3)C2=O)c1. The Morgan fingerprint density at radius 3 is 2.80 bits per heavy atom. The van der Waals surface area contributed by atoms with Gasteiger partial charge in [-0.1, -0.05) is 18.2 Å². The number of aryl methyl sites for hydroxylation is 1. The number of hydrogen-bond acceptors (Lipinski definition) is 4. The highest BCUT2D eigenvalue weighted by Crippen LogP contribution is 2.35. The van der Waals surface area contributed by atoms with E-state index in [1.807, 2.05) is 54.8 Å². The fourth-order valence-corrected chi connectivity index (χ4v) is 3.58. The highest BCUT2D eigenvalue weighted by atomic mass is 32.2. The number of amidine groups is 1. The van der Waals surface area contributed by atoms with Gasteiger partial charge in [0, 0.05) is 4.88 Å². The molecule has 0 radical (unpaired) electrons. The minimum Gasteiger partial charge on any atom is -0.278 e. The van der Waals surface area contributed by atoms with Crippen LogP contribution in [0.3, 0.4) is 0 Å². The minimum atomic E-state index is -0.126. The molecule has 1 saturated heterocycles. The summed E-state index contributed by atoms with van der Waals surface area (Å²) in [5.41, 5.74) is 1.82. The predicted octanol–water partition coefficient (Wildman–Crippen LogP) is 4.11. The molecule has 1 fully saturated rings. The molecule has 1 aromatic heterocycles. The van der Waals surface area contributed by atoms with Crippen LogP contribution in [0, 0.1) is 12.3 Å². The number of hydrogen-bond donors (Lipinski definition) is 1. The third-order valence-corrected chi connectivity index (χ3v) is 4.61. The molecule has 20 heavy (non-hydrogen) atoms. The van der Waals surface area contributed by atoms with Crippen molar-refractivity contribution in [3.63, 3.8) is 0 Å². The van der Waals surface area contributed by atoms with E-state index in [1.165, 1.54) is 16.7 Å². The highest BCUT2D eigenvalue weighted by Gasteiger charge is 2.33. The monoisotopic (exact) mass is 300 g/mol. The molecular weight excluding hydrogens is 288 g/mol. The summed E-state index contributed by atoms with van der Waals surface area (Å²) in [7, 11) is 0. The maximum absolute atomic E-state index is 12.5. The van der Waals surface area contributed by atoms with Crippen LogP contribution in [0.2, 0.25) is 0 Å². The molecule has 1 aliphatic heterocycles. The summed E-state index contributed by atoms with van der Waals surface area (Å²) in [6, 6.07) is 11.6. The first-order chi connectivity index (χ1) is 9.65. The topological polar surface area (TPSA) is 44.2 Å². The molecule has 5 heteroatoms. The highest BCUT2D eigenvalue weighted by molar-refractivity contribution is 8.19. The van der Waals surface area contributed by atoms with Crippen molar-refractivity contribution >= 4 is 45.9 Å². The molecule has 2 aromatic rings. The molecule has 2 heterocycles. The van der Waals surface area contributed by atoms with Crippen molar-refractivity contribution in [1.82, 2.24) is 0 Å². The van der Waals surface area contributed by atoms with Crippen molar-refractivity contribution in [2.45, 2.75) is 6.92 Å². The third-order valence-electron chi connectivity index (χ3n) is 2.90. The molecule has 3 rings (SSSR count). The average molecular weight is 300 g/mol. The number of thioether (sulfide) groups is 1. The quantitative estimate of drug-likeness (QED) is 0.848. The minimum absolute atomic E-state index is 0.126. The Morgan fingerprint density at radius 2 is 2.10 bits per heavy atom. The number of nitrogens with one attached hydrogen (secondary N) is 1. The van der Waals surface area contributed by atoms with Gasteiger partial charge in [0.15, 0.2) is 5.17 Å². The Balaban J connectivity index is 1.95. The maximum Gasteiger partial charge on any atom is 0.271 e. The van der Waals surface area contributed by atoms with Crippen LogP contribution >= 0.6 is 23.1 Å². The number of carbonyl (C=O) groups is 1. The van der Waals surface area contributed by atoms with Crippen molar-refractivity contribution in [2.24, 2.45) is 0 Å². The van der Waals surface area contributed by atoms with Gasteiger partial charge in [0.2, 0.25) is 0 Å². The summed E-state index contributed by atoms with van der Waals surface area (Å²) in [5, 5.41) is 10.3. The largest absolute Gasteiger partial charge is 0.278 e. The molecule has 0 bridgehead atoms. The van der Waals surface area contributed by atoms with E-state index < -0.39 is 0 Å². The Morgan fingerprint density at radius 1 is 1.25 bits per heavy atom. The summed E-state index contributed by atoms with van der Waals surface area (Å²) in [4.78, 5) is 15.5. The Hall–Kier alpha value is -1.85. The number of anilines is 1. The summed E-state index contributed by atoms with van der Waals surface area (Å²) >= 11 is 2.79. The molecule has 1 amide bonds. The first-order valence-electron chi connectivity index (χ1n) is 6.08. The van der Waals surface area contributed by atoms with Gasteiger partial charge in [0.05, 0.1) is 10.6 Å². The van der Waals surface area contributed by atoms with Crippen molar-refractivity contribution < 1.29 is 4.79 Å². The fourth-order valence-electron chi connectivity index (χ4n) is 1.99. The lowest BCUT2D eigenvalue weighted by atomic mass is 10.2. The summed E-state index contributed by atoms with van der Waals surface area (Å²) in [5.74, 6) is -0.126. The fraction of sp³-hybridized carbons (Fsp3) is 0.0667. The molecule has 1 aliphatic rings. The Bertz CT molecular complexity index is 704. The van der Waals surface area contributed by atoms with E-state index in [4.69, 9.17) is 5.41 Å². The van der Waals surface area contributed by atoms with E-state index in [0.717, 1.165) is 16.1 Å². The summed E-state index contributed by atoms with van der Waals surface area (Å²) < 4.78 is 0. The maximum atomic E-state index is 12.5. The van der Waals surface area contributed by atoms with E-state index in [2.05, 4.69) is 0 Å². The second-order valence-electron chi connectivity index (χ2n) is 4.41. The van der Waals surface area contributed by atoms with Crippen LogP contribution in [0.25, 0.3) is 6.08 Å². The molecule has 0 saturated carbocycles. The molecule has 3 nitrogen and oxygen atoms in total. The van der Waals surface area contributed by atoms with Crippen LogP contribution in [-0.2, 0) is 4.79 Å². The number of amides is 1. The molecule has 0 unspecified atom stereocenters. The second kappa shape index (κ2) is 5.26. The summed E-state index contributed by atoms with van der Waals surface area (Å²) in [6.07, 6.45) is 1.85. The molecule has 0 aliphatic carbocycles. The zero-order valence-corrected chi connectivity index (χ0v) is 12.4. The number of thiophene rings is 1. The molecule has 1 N–H and O–H groups in total. The van der Waals surface area contributed by atoms with Crippen LogP contribution in [-0.4, -0.2) is 11.1 Å². The van der Waals surface area contributed by atoms with Gasteiger partial charge in [-0.05, 0) is 53.9 Å². The molecule has 0 atom stereocenters. The first-order valence-corrected chi connectivity index (χ1v) is 7.77. The zero-order chi connectivity index (χ0) is 14.1. The zero-order valence-electron chi connectivity index (χ0n) is 10.8. The van der Waals surface area contributed by atoms with Crippen LogP contribution in [0.1, 0.15) is 10.4 Å². The van der Waals surface area contributed by atoms with E-state index in [1.54, 1.807) is 11.3 Å². The van der Waals surface area contributed by atoms with Gasteiger partial charge in [0.1, 0.15) is 0 Å². The number of benzene rings is 1. The average Bonchev–Trinajstić information content (AvgIpc) is 2.99. The van der Waals surface area contributed by atoms with Crippen molar-refractivity contribution in [2.75, 3.05) is 4.90 Å². The van der Waals surface area contributed by atoms with Crippen molar-refractivity contribution in [3.8, 4) is 0 Å². The van der Waals surface area contributed by atoms with Crippen LogP contribution in [0.5, 0.6) is 0 Å². The number of carbonyl (C=O) groups excluding carboxylic acids is 1. The first kappa shape index (κ1) is 13.1. The van der Waals surface area contributed by atoms with E-state index in [9.17, 15) is 4.79 Å². The van der Waals surface area contributed by atoms with Gasteiger partial charge in [-0.25, -0.2) is 0 Å². The smallest absolute Gasteiger partial charge is 0.271 e. The van der Waals surface area contributed by atoms with E-state index in [0.29, 0.717) is 4.91 Å². The second-order valence-corrected chi connectivity index (χ2v) is 6.42. The van der Waals surface area contributed by atoms with Gasteiger partial charge in [-0.3, -0.25) is 15.1 Å². The molecule has 100 valence electrons. The van der Waals surface area contributed by atoms with Crippen LogP contribution in [0.4, 0.5) is 5.69 Å². The summed E-state index contributed by atoms with van der Waals surface area (Å²) in [6.45, 7) is 1.98. The number of nitrogens with zero attached hydrogens (tertiary/aromatic N) is 1. The third kappa shape index (κ3) is 2.42. The van der Waals surface area contributed by atoms with Gasteiger partial charge < -0.3 is 0 Å². The lowest BCUT2D eigenvalue weighted by molar-refractivity contribution is -0.113. The van der Waals surface area contributed by atoms with Crippen LogP contribution < -0.4 is 4.90 Å². The molecular formula is C15H12N2OS2. The Kier molecular flexibility index (Phi) is 3.46. The predicted molar refractivity (Wildman–Crippen MR) is 86.3 cm³/mol. The lowest BCUT2D eigenvalue weighted by Gasteiger charge is -2.14. The van der Waals surface area contributed by atoms with Gasteiger partial charge in [-0.15, -0.1) is 11.3 Å². The van der Waals surface area contributed by atoms with Gasteiger partial charge >= 0.3 is 0 Å². The van der Waals surface area contributed by atoms with Crippen LogP contribution in [0.15, 0.2) is 46.7 Å². The van der Waals surface area contributed by atoms with Gasteiger partial charge in [-0.2, -0.15) is 0 Å². The standard InChI is InChI=1S/C15H12N2OS2/c1-10-4-2-5-11(8-10)17-14(18)13(20-15(17)16)9-12-6-3-7-19-12/h2-9,16H,1H3/b13-9-,16-15?. The van der Waals surface area contributed by atoms with E-state index in [-0.39, 0.29) is 11.1 Å². The number of rotatable bonds is 2. The molecule has 0 spiro atoms. The van der Waals surface area contributed by atoms with Crippen molar-refractivity contribution in [1.29, 1.82) is 5.41 Å². The molecule has 1 aromatic carbocycles. The van der Waals surface area contributed by atoms with Gasteiger partial charge in [0.25, 0.3) is 5.91 Å². The van der Waals surface area contributed by atoms with E-state index >= 15 is 0 Å². The van der Waals surface area contributed by atoms with Crippen molar-refractivity contribution in [3.05, 3.63) is 57.1 Å². The lowest BCUT2D eigenvalue weighted by Crippen LogP contribution is -2.28.